The zero-order chi connectivity index (χ0) is 9.71. The first kappa shape index (κ1) is 7.68. The van der Waals surface area contributed by atoms with Crippen molar-refractivity contribution in [2.45, 2.75) is 0 Å². The largest absolute Gasteiger partial charge is 0.351 e. The van der Waals surface area contributed by atoms with Crippen LogP contribution < -0.4 is 0 Å². The van der Waals surface area contributed by atoms with E-state index in [1.807, 2.05) is 0 Å². The quantitative estimate of drug-likeness (QED) is 0.508. The first-order chi connectivity index (χ1) is 6.75. The first-order valence-corrected chi connectivity index (χ1v) is 4.76. The first-order valence-electron chi connectivity index (χ1n) is 4.76. The summed E-state index contributed by atoms with van der Waals surface area (Å²) in [5, 5.41) is 2.61. The van der Waals surface area contributed by atoms with Gasteiger partial charge in [-0.1, -0.05) is 0 Å². The molecule has 0 N–H and O–H groups in total. The van der Waals surface area contributed by atoms with Crippen LogP contribution in [0.15, 0.2) is 36.7 Å². The van der Waals surface area contributed by atoms with E-state index in [0.717, 1.165) is 0 Å². The van der Waals surface area contributed by atoms with Gasteiger partial charge in [-0.2, -0.15) is 0 Å². The fraction of sp³-hybridized carbons (Fsp3) is 0.167. The van der Waals surface area contributed by atoms with E-state index < -0.39 is 0 Å². The zero-order valence-electron chi connectivity index (χ0n) is 8.36. The van der Waals surface area contributed by atoms with Crippen LogP contribution in [0.5, 0.6) is 0 Å². The molecule has 2 heterocycles. The van der Waals surface area contributed by atoms with Crippen molar-refractivity contribution < 1.29 is 0 Å². The van der Waals surface area contributed by atoms with E-state index in [2.05, 4.69) is 59.9 Å². The number of hydrogen-bond donors (Lipinski definition) is 0. The van der Waals surface area contributed by atoms with E-state index >= 15 is 0 Å². The molecular weight excluding hydrogens is 172 g/mol. The number of aromatic nitrogens is 2. The number of benzene rings is 1. The fourth-order valence-electron chi connectivity index (χ4n) is 2.03. The second kappa shape index (κ2) is 2.41. The molecule has 2 aromatic heterocycles. The lowest BCUT2D eigenvalue weighted by atomic mass is 10.2. The van der Waals surface area contributed by atoms with Crippen LogP contribution in [0.3, 0.4) is 0 Å². The van der Waals surface area contributed by atoms with Crippen molar-refractivity contribution in [3.05, 3.63) is 36.7 Å². The van der Waals surface area contributed by atoms with Gasteiger partial charge in [0.1, 0.15) is 0 Å². The van der Waals surface area contributed by atoms with E-state index in [-0.39, 0.29) is 0 Å². The normalized spacial score (nSPS) is 11.6. The molecule has 0 saturated carbocycles. The summed E-state index contributed by atoms with van der Waals surface area (Å²) in [7, 11) is 4.16. The molecule has 14 heavy (non-hydrogen) atoms. The monoisotopic (exact) mass is 184 g/mol. The van der Waals surface area contributed by atoms with Crippen LogP contribution in [0.4, 0.5) is 0 Å². The molecule has 3 rings (SSSR count). The number of aryl methyl sites for hydroxylation is 2. The number of nitrogens with zero attached hydrogens (tertiary/aromatic N) is 2. The summed E-state index contributed by atoms with van der Waals surface area (Å²) in [4.78, 5) is 0. The summed E-state index contributed by atoms with van der Waals surface area (Å²) in [5.74, 6) is 0. The van der Waals surface area contributed by atoms with Crippen LogP contribution in [0.2, 0.25) is 0 Å². The number of hydrogen-bond acceptors (Lipinski definition) is 0. The highest BCUT2D eigenvalue weighted by atomic mass is 14.9. The molecule has 0 atom stereocenters. The Hall–Kier alpha value is -1.70. The maximum Gasteiger partial charge on any atom is 0.0485 e. The molecule has 1 aromatic carbocycles. The van der Waals surface area contributed by atoms with E-state index in [4.69, 9.17) is 0 Å². The van der Waals surface area contributed by atoms with Gasteiger partial charge in [0.15, 0.2) is 0 Å². The summed E-state index contributed by atoms with van der Waals surface area (Å²) in [5.41, 5.74) is 2.59. The van der Waals surface area contributed by atoms with E-state index in [9.17, 15) is 0 Å². The second-order valence-corrected chi connectivity index (χ2v) is 3.82. The van der Waals surface area contributed by atoms with Crippen LogP contribution in [0, 0.1) is 0 Å². The van der Waals surface area contributed by atoms with Gasteiger partial charge >= 0.3 is 0 Å². The van der Waals surface area contributed by atoms with Gasteiger partial charge in [-0.3, -0.25) is 0 Å². The Morgan fingerprint density at radius 2 is 1.21 bits per heavy atom. The molecule has 0 fully saturated rings. The molecule has 0 amide bonds. The molecule has 70 valence electrons. The number of fused-ring (bicyclic) bond motifs is 2. The minimum atomic E-state index is 1.30. The van der Waals surface area contributed by atoms with Gasteiger partial charge in [0.05, 0.1) is 0 Å². The van der Waals surface area contributed by atoms with Crippen molar-refractivity contribution in [1.82, 2.24) is 9.13 Å². The van der Waals surface area contributed by atoms with Crippen molar-refractivity contribution >= 4 is 21.8 Å². The van der Waals surface area contributed by atoms with Gasteiger partial charge < -0.3 is 9.13 Å². The lowest BCUT2D eigenvalue weighted by molar-refractivity contribution is 0.966. The van der Waals surface area contributed by atoms with Crippen LogP contribution in [0.25, 0.3) is 21.8 Å². The minimum absolute atomic E-state index is 1.30. The predicted molar refractivity (Wildman–Crippen MR) is 59.4 cm³/mol. The third-order valence-corrected chi connectivity index (χ3v) is 2.89. The summed E-state index contributed by atoms with van der Waals surface area (Å²) < 4.78 is 4.31. The molecule has 0 aliphatic rings. The van der Waals surface area contributed by atoms with Crippen LogP contribution in [-0.4, -0.2) is 9.13 Å². The highest BCUT2D eigenvalue weighted by molar-refractivity contribution is 5.95. The predicted octanol–water partition coefficient (Wildman–Crippen LogP) is 2.67. The molecule has 0 aliphatic carbocycles. The van der Waals surface area contributed by atoms with E-state index in [1.165, 1.54) is 21.8 Å². The molecule has 0 bridgehead atoms. The Bertz CT molecular complexity index is 557. The second-order valence-electron chi connectivity index (χ2n) is 3.82. The Morgan fingerprint density at radius 1 is 0.786 bits per heavy atom. The molecular formula is C12H12N2. The smallest absolute Gasteiger partial charge is 0.0485 e. The standard InChI is InChI=1S/C12H12N2/c1-13-5-3-9-8-12-10(7-11(9)13)4-6-14(12)2/h3-8H,1-2H3. The maximum absolute atomic E-state index is 2.24. The average molecular weight is 184 g/mol. The Labute approximate surface area is 82.4 Å². The molecule has 2 heteroatoms. The molecule has 0 spiro atoms. The summed E-state index contributed by atoms with van der Waals surface area (Å²) in [6.45, 7) is 0. The Balaban J connectivity index is 2.56. The molecule has 2 nitrogen and oxygen atoms in total. The Morgan fingerprint density at radius 3 is 1.64 bits per heavy atom. The molecule has 0 radical (unpaired) electrons. The van der Waals surface area contributed by atoms with Gasteiger partial charge in [-0.25, -0.2) is 0 Å². The molecule has 0 saturated heterocycles. The fourth-order valence-corrected chi connectivity index (χ4v) is 2.03. The topological polar surface area (TPSA) is 9.86 Å². The van der Waals surface area contributed by atoms with Crippen molar-refractivity contribution in [1.29, 1.82) is 0 Å². The van der Waals surface area contributed by atoms with Gasteiger partial charge in [0, 0.05) is 48.3 Å². The third-order valence-electron chi connectivity index (χ3n) is 2.89. The highest BCUT2D eigenvalue weighted by Gasteiger charge is 2.02. The van der Waals surface area contributed by atoms with Gasteiger partial charge in [0.25, 0.3) is 0 Å². The Kier molecular flexibility index (Phi) is 1.32. The van der Waals surface area contributed by atoms with Crippen LogP contribution in [-0.2, 0) is 14.1 Å². The number of rotatable bonds is 0. The van der Waals surface area contributed by atoms with Crippen molar-refractivity contribution in [3.63, 3.8) is 0 Å². The van der Waals surface area contributed by atoms with Crippen molar-refractivity contribution in [3.8, 4) is 0 Å². The van der Waals surface area contributed by atoms with Gasteiger partial charge in [-0.15, -0.1) is 0 Å². The minimum Gasteiger partial charge on any atom is -0.351 e. The lowest BCUT2D eigenvalue weighted by Crippen LogP contribution is -1.85. The highest BCUT2D eigenvalue weighted by Crippen LogP contribution is 2.23. The van der Waals surface area contributed by atoms with Crippen molar-refractivity contribution in [2.75, 3.05) is 0 Å². The van der Waals surface area contributed by atoms with Crippen molar-refractivity contribution in [2.24, 2.45) is 14.1 Å². The van der Waals surface area contributed by atoms with Gasteiger partial charge in [-0.05, 0) is 24.3 Å². The van der Waals surface area contributed by atoms with Crippen LogP contribution in [0.1, 0.15) is 0 Å². The maximum atomic E-state index is 2.24. The zero-order valence-corrected chi connectivity index (χ0v) is 8.36. The average Bonchev–Trinajstić information content (AvgIpc) is 2.71. The molecule has 0 aliphatic heterocycles. The van der Waals surface area contributed by atoms with E-state index in [0.29, 0.717) is 0 Å². The SMILES string of the molecule is Cn1ccc2cc3c(ccn3C)cc21. The summed E-state index contributed by atoms with van der Waals surface area (Å²) >= 11 is 0. The van der Waals surface area contributed by atoms with Gasteiger partial charge in [0.2, 0.25) is 0 Å². The van der Waals surface area contributed by atoms with E-state index in [1.54, 1.807) is 0 Å². The molecule has 3 aromatic rings. The lowest BCUT2D eigenvalue weighted by Gasteiger charge is -1.99. The van der Waals surface area contributed by atoms with Crippen LogP contribution >= 0.6 is 0 Å². The summed E-state index contributed by atoms with van der Waals surface area (Å²) in [6.07, 6.45) is 4.20. The third kappa shape index (κ3) is 0.854. The molecule has 0 unspecified atom stereocenters. The summed E-state index contributed by atoms with van der Waals surface area (Å²) in [6, 6.07) is 8.79.